The van der Waals surface area contributed by atoms with Gasteiger partial charge in [-0.3, -0.25) is 4.79 Å². The highest BCUT2D eigenvalue weighted by Crippen LogP contribution is 2.44. The molecule has 122 valence electrons. The number of carboxylic acids is 1. The topological polar surface area (TPSA) is 114 Å². The Morgan fingerprint density at radius 3 is 2.82 bits per heavy atom. The van der Waals surface area contributed by atoms with Crippen LogP contribution in [0, 0.1) is 0 Å². The number of carboxylic acid groups (broad SMARTS) is 1. The summed E-state index contributed by atoms with van der Waals surface area (Å²) in [5, 5.41) is 11.2. The van der Waals surface area contributed by atoms with Crippen LogP contribution in [0.15, 0.2) is 22.8 Å². The molecule has 0 radical (unpaired) electrons. The smallest absolute Gasteiger partial charge is 0.222 e. The second-order valence-corrected chi connectivity index (χ2v) is 7.81. The van der Waals surface area contributed by atoms with Crippen molar-refractivity contribution in [2.75, 3.05) is 12.8 Å². The lowest BCUT2D eigenvalue weighted by molar-refractivity contribution is -0.306. The maximum absolute atomic E-state index is 12.4. The summed E-state index contributed by atoms with van der Waals surface area (Å²) >= 11 is 0. The number of carbonyl (C=O) groups excluding carboxylic acids is 2. The molecule has 1 aromatic rings. The van der Waals surface area contributed by atoms with E-state index in [1.54, 1.807) is 6.07 Å². The molecule has 7 nitrogen and oxygen atoms in total. The fraction of sp³-hybridized carbons (Fsp3) is 0.571. The minimum Gasteiger partial charge on any atom is -0.798 e. The minimum absolute atomic E-state index is 0.247. The van der Waals surface area contributed by atoms with Crippen LogP contribution in [0.25, 0.3) is 0 Å². The number of nitrogens with zero attached hydrogens (tertiary/aromatic N) is 1. The SMILES string of the molecule is O=C([O-])[C@H](Cc1ccco1)P(=O)([O-])CN1CCCCCC1=O. The van der Waals surface area contributed by atoms with E-state index in [9.17, 15) is 24.2 Å². The number of amides is 1. The molecule has 22 heavy (non-hydrogen) atoms. The van der Waals surface area contributed by atoms with Gasteiger partial charge in [0.25, 0.3) is 0 Å². The van der Waals surface area contributed by atoms with Gasteiger partial charge < -0.3 is 28.7 Å². The number of furan rings is 1. The summed E-state index contributed by atoms with van der Waals surface area (Å²) in [5.41, 5.74) is -1.70. The molecule has 0 spiro atoms. The van der Waals surface area contributed by atoms with Crippen LogP contribution in [0.2, 0.25) is 0 Å². The van der Waals surface area contributed by atoms with Gasteiger partial charge in [0, 0.05) is 32.4 Å². The number of carbonyl (C=O) groups is 2. The lowest BCUT2D eigenvalue weighted by atomic mass is 10.2. The third-order valence-corrected chi connectivity index (χ3v) is 5.84. The molecule has 1 fully saturated rings. The lowest BCUT2D eigenvalue weighted by Gasteiger charge is -2.37. The Kier molecular flexibility index (Phi) is 5.42. The molecule has 1 aromatic heterocycles. The Labute approximate surface area is 128 Å². The van der Waals surface area contributed by atoms with E-state index in [-0.39, 0.29) is 18.1 Å². The van der Waals surface area contributed by atoms with Crippen LogP contribution in [0.3, 0.4) is 0 Å². The Morgan fingerprint density at radius 2 is 2.18 bits per heavy atom. The van der Waals surface area contributed by atoms with E-state index in [2.05, 4.69) is 0 Å². The Morgan fingerprint density at radius 1 is 1.41 bits per heavy atom. The zero-order valence-corrected chi connectivity index (χ0v) is 13.0. The summed E-state index contributed by atoms with van der Waals surface area (Å²) in [6, 6.07) is 3.06. The first-order valence-electron chi connectivity index (χ1n) is 7.21. The van der Waals surface area contributed by atoms with Gasteiger partial charge in [-0.15, -0.1) is 0 Å². The predicted octanol–water partition coefficient (Wildman–Crippen LogP) is -0.0609. The first-order chi connectivity index (χ1) is 10.4. The van der Waals surface area contributed by atoms with Gasteiger partial charge in [-0.05, 0) is 25.0 Å². The van der Waals surface area contributed by atoms with Gasteiger partial charge in [0.1, 0.15) is 5.76 Å². The first kappa shape index (κ1) is 16.8. The third kappa shape index (κ3) is 4.21. The maximum Gasteiger partial charge on any atom is 0.222 e. The second kappa shape index (κ2) is 7.11. The molecular weight excluding hydrogens is 309 g/mol. The van der Waals surface area contributed by atoms with Gasteiger partial charge in [-0.25, -0.2) is 0 Å². The summed E-state index contributed by atoms with van der Waals surface area (Å²) in [4.78, 5) is 36.8. The molecule has 1 aliphatic heterocycles. The van der Waals surface area contributed by atoms with Gasteiger partial charge in [-0.1, -0.05) is 6.42 Å². The van der Waals surface area contributed by atoms with Crippen LogP contribution in [-0.2, 0) is 20.6 Å². The van der Waals surface area contributed by atoms with Crippen molar-refractivity contribution in [2.45, 2.75) is 37.8 Å². The molecule has 0 N–H and O–H groups in total. The number of likely N-dealkylation sites (tertiary alicyclic amines) is 1. The standard InChI is InChI=1S/C14H20NO6P/c16-13-6-2-1-3-7-15(13)10-22(19,20)12(14(17)18)9-11-5-4-8-21-11/h4-5,8,12H,1-3,6-7,9-10H2,(H,17,18)(H,19,20)/p-2/t12-/m0/s1. The van der Waals surface area contributed by atoms with Gasteiger partial charge in [0.2, 0.25) is 5.91 Å². The zero-order chi connectivity index (χ0) is 16.2. The van der Waals surface area contributed by atoms with Crippen LogP contribution >= 0.6 is 7.37 Å². The van der Waals surface area contributed by atoms with E-state index in [1.807, 2.05) is 0 Å². The van der Waals surface area contributed by atoms with Crippen molar-refractivity contribution >= 4 is 19.2 Å². The van der Waals surface area contributed by atoms with E-state index in [1.165, 1.54) is 17.2 Å². The van der Waals surface area contributed by atoms with Crippen LogP contribution < -0.4 is 10.00 Å². The van der Waals surface area contributed by atoms with Crippen LogP contribution in [-0.4, -0.2) is 35.3 Å². The van der Waals surface area contributed by atoms with Crippen molar-refractivity contribution in [2.24, 2.45) is 0 Å². The lowest BCUT2D eigenvalue weighted by Crippen LogP contribution is -2.43. The van der Waals surface area contributed by atoms with Crippen molar-refractivity contribution in [3.05, 3.63) is 24.2 Å². The molecule has 8 heteroatoms. The van der Waals surface area contributed by atoms with E-state index in [0.717, 1.165) is 19.3 Å². The quantitative estimate of drug-likeness (QED) is 0.676. The molecule has 1 saturated heterocycles. The average molecular weight is 327 g/mol. The number of aliphatic carboxylic acids is 1. The molecule has 0 saturated carbocycles. The van der Waals surface area contributed by atoms with Crippen LogP contribution in [0.4, 0.5) is 0 Å². The largest absolute Gasteiger partial charge is 0.798 e. The molecule has 2 rings (SSSR count). The van der Waals surface area contributed by atoms with E-state index < -0.39 is 25.3 Å². The van der Waals surface area contributed by atoms with Crippen molar-refractivity contribution in [3.63, 3.8) is 0 Å². The highest BCUT2D eigenvalue weighted by Gasteiger charge is 2.29. The average Bonchev–Trinajstić information content (AvgIpc) is 2.88. The fourth-order valence-corrected chi connectivity index (χ4v) is 4.28. The van der Waals surface area contributed by atoms with Crippen LogP contribution in [0.1, 0.15) is 31.4 Å². The summed E-state index contributed by atoms with van der Waals surface area (Å²) < 4.78 is 17.4. The summed E-state index contributed by atoms with van der Waals surface area (Å²) in [6.07, 6.45) is 3.10. The Balaban J connectivity index is 2.12. The normalized spacial score (nSPS) is 20.2. The monoisotopic (exact) mass is 327 g/mol. The zero-order valence-electron chi connectivity index (χ0n) is 12.1. The molecule has 2 atom stereocenters. The van der Waals surface area contributed by atoms with E-state index in [0.29, 0.717) is 13.0 Å². The number of hydrogen-bond donors (Lipinski definition) is 0. The van der Waals surface area contributed by atoms with Gasteiger partial charge in [-0.2, -0.15) is 0 Å². The maximum atomic E-state index is 12.4. The van der Waals surface area contributed by atoms with Crippen molar-refractivity contribution in [1.82, 2.24) is 4.90 Å². The Hall–Kier alpha value is -1.59. The summed E-state index contributed by atoms with van der Waals surface area (Å²) in [5.74, 6) is -1.66. The van der Waals surface area contributed by atoms with Gasteiger partial charge in [0.05, 0.1) is 18.5 Å². The van der Waals surface area contributed by atoms with Gasteiger partial charge in [0.15, 0.2) is 0 Å². The molecule has 1 amide bonds. The molecule has 2 heterocycles. The fourth-order valence-electron chi connectivity index (χ4n) is 2.53. The highest BCUT2D eigenvalue weighted by atomic mass is 31.2. The minimum atomic E-state index is -4.39. The molecule has 1 aliphatic rings. The number of hydrogen-bond acceptors (Lipinski definition) is 6. The molecule has 0 bridgehead atoms. The highest BCUT2D eigenvalue weighted by molar-refractivity contribution is 7.58. The van der Waals surface area contributed by atoms with Gasteiger partial charge >= 0.3 is 0 Å². The third-order valence-electron chi connectivity index (χ3n) is 3.76. The van der Waals surface area contributed by atoms with Crippen molar-refractivity contribution < 1.29 is 28.6 Å². The van der Waals surface area contributed by atoms with Crippen molar-refractivity contribution in [3.8, 4) is 0 Å². The van der Waals surface area contributed by atoms with Crippen LogP contribution in [0.5, 0.6) is 0 Å². The molecule has 1 unspecified atom stereocenters. The Bertz CT molecular complexity index is 570. The molecule has 0 aliphatic carbocycles. The predicted molar refractivity (Wildman–Crippen MR) is 73.9 cm³/mol. The first-order valence-corrected chi connectivity index (χ1v) is 9.09. The second-order valence-electron chi connectivity index (χ2n) is 5.45. The molecule has 0 aromatic carbocycles. The number of rotatable bonds is 6. The summed E-state index contributed by atoms with van der Waals surface area (Å²) in [7, 11) is -4.39. The van der Waals surface area contributed by atoms with E-state index >= 15 is 0 Å². The van der Waals surface area contributed by atoms with E-state index in [4.69, 9.17) is 4.42 Å². The van der Waals surface area contributed by atoms with Crippen molar-refractivity contribution in [1.29, 1.82) is 0 Å². The summed E-state index contributed by atoms with van der Waals surface area (Å²) in [6.45, 7) is 0.339. The molecular formula is C14H18NO6P-2.